The lowest BCUT2D eigenvalue weighted by Gasteiger charge is -2.35. The van der Waals surface area contributed by atoms with Crippen LogP contribution in [0.25, 0.3) is 16.6 Å². The van der Waals surface area contributed by atoms with E-state index in [0.29, 0.717) is 17.7 Å². The van der Waals surface area contributed by atoms with E-state index in [1.165, 1.54) is 69.1 Å². The van der Waals surface area contributed by atoms with Gasteiger partial charge in [-0.1, -0.05) is 55.3 Å². The zero-order valence-corrected chi connectivity index (χ0v) is 24.2. The van der Waals surface area contributed by atoms with Crippen molar-refractivity contribution in [2.45, 2.75) is 76.8 Å². The summed E-state index contributed by atoms with van der Waals surface area (Å²) in [6.07, 6.45) is 10.7. The van der Waals surface area contributed by atoms with Crippen molar-refractivity contribution in [1.82, 2.24) is 4.57 Å². The van der Waals surface area contributed by atoms with Crippen LogP contribution in [0, 0.1) is 23.7 Å². The molecule has 3 aromatic carbocycles. The van der Waals surface area contributed by atoms with Crippen molar-refractivity contribution in [3.8, 4) is 5.69 Å². The van der Waals surface area contributed by atoms with E-state index in [9.17, 15) is 18.0 Å². The number of aryl methyl sites for hydroxylation is 1. The fraction of sp³-hybridized carbons (Fsp3) is 0.432. The standard InChI is InChI=1S/C37H40F3NO/c38-37(39,40)32-17-19-33(20-18-32)41-22-21-28-13-16-31(25-35(28)41)36(42)12-5-4-9-27-23-29-14-15-30(24-27)34(29)11-6-10-26-7-2-1-3-8-26/h1-3,7-8,13,16-22,25,27,29-30,34H,4-6,9-12,14-15,23-24H2/t27?,29-,30+,34?. The molecule has 0 amide bonds. The Morgan fingerprint density at radius 1 is 0.810 bits per heavy atom. The molecule has 2 aliphatic rings. The number of hydrogen-bond acceptors (Lipinski definition) is 1. The molecule has 2 aliphatic carbocycles. The number of carbonyl (C=O) groups excluding carboxylic acids is 1. The van der Waals surface area contributed by atoms with Crippen molar-refractivity contribution in [3.05, 3.63) is 102 Å². The summed E-state index contributed by atoms with van der Waals surface area (Å²) < 4.78 is 40.8. The van der Waals surface area contributed by atoms with E-state index < -0.39 is 11.7 Å². The summed E-state index contributed by atoms with van der Waals surface area (Å²) in [4.78, 5) is 13.1. The molecule has 42 heavy (non-hydrogen) atoms. The first-order valence-electron chi connectivity index (χ1n) is 15.7. The molecule has 5 heteroatoms. The predicted molar refractivity (Wildman–Crippen MR) is 163 cm³/mol. The van der Waals surface area contributed by atoms with Crippen molar-refractivity contribution < 1.29 is 18.0 Å². The maximum atomic E-state index is 13.1. The largest absolute Gasteiger partial charge is 0.416 e. The number of ketones is 1. The Morgan fingerprint density at radius 3 is 2.26 bits per heavy atom. The van der Waals surface area contributed by atoms with E-state index in [1.54, 1.807) is 0 Å². The summed E-state index contributed by atoms with van der Waals surface area (Å²) in [6.45, 7) is 0. The molecular formula is C37H40F3NO. The van der Waals surface area contributed by atoms with Crippen LogP contribution in [0.3, 0.4) is 0 Å². The fourth-order valence-corrected chi connectivity index (χ4v) is 7.87. The molecule has 2 bridgehead atoms. The lowest BCUT2D eigenvalue weighted by atomic mass is 9.70. The number of hydrogen-bond donors (Lipinski definition) is 0. The van der Waals surface area contributed by atoms with Crippen molar-refractivity contribution in [2.24, 2.45) is 23.7 Å². The van der Waals surface area contributed by atoms with Crippen molar-refractivity contribution in [3.63, 3.8) is 0 Å². The van der Waals surface area contributed by atoms with Gasteiger partial charge in [0.2, 0.25) is 0 Å². The van der Waals surface area contributed by atoms with E-state index >= 15 is 0 Å². The zero-order chi connectivity index (χ0) is 29.1. The average molecular weight is 572 g/mol. The summed E-state index contributed by atoms with van der Waals surface area (Å²) in [5.41, 5.74) is 2.93. The number of benzene rings is 3. The quantitative estimate of drug-likeness (QED) is 0.130. The van der Waals surface area contributed by atoms with Gasteiger partial charge in [0.1, 0.15) is 0 Å². The summed E-state index contributed by atoms with van der Waals surface area (Å²) in [5, 5.41) is 0.955. The number of halogens is 3. The van der Waals surface area contributed by atoms with Gasteiger partial charge in [-0.05, 0) is 122 Å². The van der Waals surface area contributed by atoms with Crippen LogP contribution < -0.4 is 0 Å². The van der Waals surface area contributed by atoms with Crippen LogP contribution in [0.15, 0.2) is 85.1 Å². The van der Waals surface area contributed by atoms with Crippen LogP contribution in [-0.2, 0) is 12.6 Å². The molecule has 6 rings (SSSR count). The van der Waals surface area contributed by atoms with Crippen LogP contribution in [0.5, 0.6) is 0 Å². The van der Waals surface area contributed by atoms with Gasteiger partial charge in [-0.2, -0.15) is 13.2 Å². The highest BCUT2D eigenvalue weighted by Crippen LogP contribution is 2.52. The third-order valence-corrected chi connectivity index (χ3v) is 9.99. The monoisotopic (exact) mass is 571 g/mol. The molecule has 2 saturated carbocycles. The van der Waals surface area contributed by atoms with Gasteiger partial charge in [0.05, 0.1) is 11.1 Å². The molecular weight excluding hydrogens is 531 g/mol. The molecule has 0 N–H and O–H groups in total. The Kier molecular flexibility index (Phi) is 8.55. The Bertz CT molecular complexity index is 1470. The number of carbonyl (C=O) groups is 1. The first-order chi connectivity index (χ1) is 20.3. The molecule has 2 nitrogen and oxygen atoms in total. The Morgan fingerprint density at radius 2 is 1.55 bits per heavy atom. The normalized spacial score (nSPS) is 22.1. The molecule has 2 unspecified atom stereocenters. The molecule has 0 radical (unpaired) electrons. The molecule has 1 heterocycles. The minimum Gasteiger partial charge on any atom is -0.317 e. The molecule has 220 valence electrons. The molecule has 0 aliphatic heterocycles. The summed E-state index contributed by atoms with van der Waals surface area (Å²) in [6, 6.07) is 23.6. The summed E-state index contributed by atoms with van der Waals surface area (Å²) >= 11 is 0. The maximum absolute atomic E-state index is 13.1. The highest BCUT2D eigenvalue weighted by molar-refractivity contribution is 5.99. The molecule has 0 spiro atoms. The van der Waals surface area contributed by atoms with Gasteiger partial charge in [-0.25, -0.2) is 0 Å². The molecule has 4 aromatic rings. The average Bonchev–Trinajstić information content (AvgIpc) is 3.52. The third-order valence-electron chi connectivity index (χ3n) is 9.99. The van der Waals surface area contributed by atoms with Gasteiger partial charge in [-0.15, -0.1) is 0 Å². The Hall–Kier alpha value is -3.34. The second-order valence-electron chi connectivity index (χ2n) is 12.6. The first-order valence-corrected chi connectivity index (χ1v) is 15.7. The highest BCUT2D eigenvalue weighted by Gasteiger charge is 2.41. The van der Waals surface area contributed by atoms with Crippen LogP contribution >= 0.6 is 0 Å². The minimum atomic E-state index is -4.36. The predicted octanol–water partition coefficient (Wildman–Crippen LogP) is 10.5. The smallest absolute Gasteiger partial charge is 0.317 e. The SMILES string of the molecule is O=C(CCCCC1C[C@H]2CC[C@@H](C1)C2CCCc1ccccc1)c1ccc2ccn(-c3ccc(C(F)(F)F)cc3)c2c1. The topological polar surface area (TPSA) is 22.0 Å². The second-order valence-corrected chi connectivity index (χ2v) is 12.6. The minimum absolute atomic E-state index is 0.138. The first kappa shape index (κ1) is 28.8. The zero-order valence-electron chi connectivity index (χ0n) is 24.2. The van der Waals surface area contributed by atoms with E-state index in [0.717, 1.165) is 59.5 Å². The Labute approximate surface area is 246 Å². The van der Waals surface area contributed by atoms with Gasteiger partial charge in [0.25, 0.3) is 0 Å². The van der Waals surface area contributed by atoms with Gasteiger partial charge in [0, 0.05) is 23.9 Å². The van der Waals surface area contributed by atoms with Crippen molar-refractivity contribution >= 4 is 16.7 Å². The second kappa shape index (κ2) is 12.5. The number of fused-ring (bicyclic) bond motifs is 3. The van der Waals surface area contributed by atoms with Crippen LogP contribution in [-0.4, -0.2) is 10.4 Å². The number of Topliss-reactive ketones (excluding diaryl/α,β-unsaturated/α-hetero) is 1. The molecule has 1 aromatic heterocycles. The number of rotatable bonds is 11. The van der Waals surface area contributed by atoms with Gasteiger partial charge in [0.15, 0.2) is 5.78 Å². The lowest BCUT2D eigenvalue weighted by molar-refractivity contribution is -0.137. The number of nitrogens with zero attached hydrogens (tertiary/aromatic N) is 1. The van der Waals surface area contributed by atoms with Crippen molar-refractivity contribution in [2.75, 3.05) is 0 Å². The van der Waals surface area contributed by atoms with E-state index in [-0.39, 0.29) is 5.78 Å². The number of unbranched alkanes of at least 4 members (excludes halogenated alkanes) is 1. The van der Waals surface area contributed by atoms with E-state index in [4.69, 9.17) is 0 Å². The third kappa shape index (κ3) is 6.50. The molecule has 0 saturated heterocycles. The summed E-state index contributed by atoms with van der Waals surface area (Å²) in [5.74, 6) is 3.67. The number of alkyl halides is 3. The van der Waals surface area contributed by atoms with Crippen LogP contribution in [0.4, 0.5) is 13.2 Å². The fourth-order valence-electron chi connectivity index (χ4n) is 7.87. The molecule has 2 fully saturated rings. The van der Waals surface area contributed by atoms with Gasteiger partial charge >= 0.3 is 6.18 Å². The van der Waals surface area contributed by atoms with Gasteiger partial charge in [-0.3, -0.25) is 4.79 Å². The highest BCUT2D eigenvalue weighted by atomic mass is 19.4. The lowest BCUT2D eigenvalue weighted by Crippen LogP contribution is -2.26. The van der Waals surface area contributed by atoms with Crippen molar-refractivity contribution in [1.29, 1.82) is 0 Å². The van der Waals surface area contributed by atoms with E-state index in [2.05, 4.69) is 30.3 Å². The van der Waals surface area contributed by atoms with Gasteiger partial charge < -0.3 is 4.57 Å². The number of aromatic nitrogens is 1. The summed E-state index contributed by atoms with van der Waals surface area (Å²) in [7, 11) is 0. The van der Waals surface area contributed by atoms with Crippen LogP contribution in [0.1, 0.15) is 85.7 Å². The maximum Gasteiger partial charge on any atom is 0.416 e. The van der Waals surface area contributed by atoms with E-state index in [1.807, 2.05) is 35.0 Å². The Balaban J connectivity index is 0.978. The molecule has 4 atom stereocenters. The van der Waals surface area contributed by atoms with Crippen LogP contribution in [0.2, 0.25) is 0 Å².